The number of carbonyl (C=O) groups is 1. The van der Waals surface area contributed by atoms with Crippen molar-refractivity contribution in [3.05, 3.63) is 53.6 Å². The van der Waals surface area contributed by atoms with Gasteiger partial charge in [-0.2, -0.15) is 0 Å². The van der Waals surface area contributed by atoms with Crippen LogP contribution in [0.5, 0.6) is 0 Å². The largest absolute Gasteiger partial charge is 0.350 e. The second kappa shape index (κ2) is 6.90. The summed E-state index contributed by atoms with van der Waals surface area (Å²) in [6, 6.07) is 14.2. The first-order valence-corrected chi connectivity index (χ1v) is 8.86. The van der Waals surface area contributed by atoms with E-state index in [4.69, 9.17) is 4.98 Å². The third-order valence-electron chi connectivity index (χ3n) is 4.60. The van der Waals surface area contributed by atoms with Crippen LogP contribution in [0.4, 0.5) is 0 Å². The predicted octanol–water partition coefficient (Wildman–Crippen LogP) is 2.06. The number of amides is 1. The normalized spacial score (nSPS) is 13.9. The molecule has 0 atom stereocenters. The fourth-order valence-electron chi connectivity index (χ4n) is 3.38. The molecule has 4 rings (SSSR count). The van der Waals surface area contributed by atoms with E-state index in [1.54, 1.807) is 0 Å². The highest BCUT2D eigenvalue weighted by molar-refractivity contribution is 6.06. The van der Waals surface area contributed by atoms with Crippen LogP contribution in [0.2, 0.25) is 0 Å². The number of rotatable bonds is 5. The molecule has 1 aliphatic rings. The second-order valence-corrected chi connectivity index (χ2v) is 6.88. The van der Waals surface area contributed by atoms with Crippen molar-refractivity contribution in [1.29, 1.82) is 0 Å². The lowest BCUT2D eigenvalue weighted by molar-refractivity contribution is 0.0956. The summed E-state index contributed by atoms with van der Waals surface area (Å²) in [7, 11) is 4.09. The Hall–Kier alpha value is -2.70. The summed E-state index contributed by atoms with van der Waals surface area (Å²) in [5, 5.41) is 6.35. The molecular weight excluding hydrogens is 326 g/mol. The summed E-state index contributed by atoms with van der Waals surface area (Å²) in [6.45, 7) is 3.01. The smallest absolute Gasteiger partial charge is 0.253 e. The summed E-state index contributed by atoms with van der Waals surface area (Å²) in [5.74, 6) is 0.889. The minimum absolute atomic E-state index is 0.0249. The van der Waals surface area contributed by atoms with Crippen molar-refractivity contribution in [3.63, 3.8) is 0 Å². The van der Waals surface area contributed by atoms with Gasteiger partial charge in [-0.25, -0.2) is 4.98 Å². The number of hydrogen-bond donors (Lipinski definition) is 2. The Morgan fingerprint density at radius 2 is 2.00 bits per heavy atom. The molecule has 0 unspecified atom stereocenters. The number of para-hydroxylation sites is 1. The van der Waals surface area contributed by atoms with Gasteiger partial charge in [0, 0.05) is 31.9 Å². The molecule has 2 N–H and O–H groups in total. The van der Waals surface area contributed by atoms with E-state index in [-0.39, 0.29) is 5.91 Å². The third kappa shape index (κ3) is 3.09. The van der Waals surface area contributed by atoms with E-state index < -0.39 is 0 Å². The summed E-state index contributed by atoms with van der Waals surface area (Å²) in [6.07, 6.45) is 0. The Bertz CT molecular complexity index is 943. The van der Waals surface area contributed by atoms with Gasteiger partial charge in [-0.1, -0.05) is 30.3 Å². The molecule has 1 aromatic heterocycles. The first kappa shape index (κ1) is 16.8. The molecule has 6 heteroatoms. The summed E-state index contributed by atoms with van der Waals surface area (Å²) in [4.78, 5) is 19.2. The summed E-state index contributed by atoms with van der Waals surface area (Å²) < 4.78 is 2.15. The average molecular weight is 349 g/mol. The molecule has 3 aromatic rings. The number of nitrogens with one attached hydrogen (secondary N) is 2. The van der Waals surface area contributed by atoms with Crippen LogP contribution in [0.3, 0.4) is 0 Å². The van der Waals surface area contributed by atoms with Crippen molar-refractivity contribution in [2.75, 3.05) is 27.3 Å². The van der Waals surface area contributed by atoms with Crippen molar-refractivity contribution >= 4 is 16.9 Å². The van der Waals surface area contributed by atoms with E-state index in [1.165, 1.54) is 5.56 Å². The number of aromatic nitrogens is 2. The van der Waals surface area contributed by atoms with Gasteiger partial charge in [-0.3, -0.25) is 9.69 Å². The Labute approximate surface area is 152 Å². The van der Waals surface area contributed by atoms with Crippen molar-refractivity contribution in [2.45, 2.75) is 13.1 Å². The Balaban J connectivity index is 1.68. The van der Waals surface area contributed by atoms with Crippen molar-refractivity contribution in [2.24, 2.45) is 0 Å². The zero-order valence-electron chi connectivity index (χ0n) is 15.1. The highest BCUT2D eigenvalue weighted by atomic mass is 16.1. The van der Waals surface area contributed by atoms with Crippen LogP contribution in [0, 0.1) is 0 Å². The van der Waals surface area contributed by atoms with E-state index in [0.29, 0.717) is 12.1 Å². The van der Waals surface area contributed by atoms with E-state index in [9.17, 15) is 4.79 Å². The first-order valence-electron chi connectivity index (χ1n) is 8.86. The molecule has 26 heavy (non-hydrogen) atoms. The van der Waals surface area contributed by atoms with Gasteiger partial charge in [-0.05, 0) is 31.8 Å². The molecule has 134 valence electrons. The highest BCUT2D eigenvalue weighted by Crippen LogP contribution is 2.28. The van der Waals surface area contributed by atoms with Crippen LogP contribution in [-0.4, -0.2) is 47.7 Å². The molecule has 0 spiro atoms. The number of nitrogens with zero attached hydrogens (tertiary/aromatic N) is 3. The number of hydrogen-bond acceptors (Lipinski definition) is 4. The van der Waals surface area contributed by atoms with Gasteiger partial charge in [0.2, 0.25) is 0 Å². The maximum atomic E-state index is 12.3. The van der Waals surface area contributed by atoms with Gasteiger partial charge in [0.25, 0.3) is 5.91 Å². The predicted molar refractivity (Wildman–Crippen MR) is 103 cm³/mol. The first-order chi connectivity index (χ1) is 12.6. The number of imidazole rings is 1. The van der Waals surface area contributed by atoms with Crippen LogP contribution >= 0.6 is 0 Å². The molecule has 0 saturated carbocycles. The topological polar surface area (TPSA) is 62.2 Å². The van der Waals surface area contributed by atoms with E-state index >= 15 is 0 Å². The average Bonchev–Trinajstić information content (AvgIpc) is 2.91. The van der Waals surface area contributed by atoms with Crippen molar-refractivity contribution < 1.29 is 4.79 Å². The SMILES string of the molecule is CN(C)CNCc1ccc(-c2nc3cccc4c3n2CCNC4=O)cc1. The minimum atomic E-state index is -0.0249. The van der Waals surface area contributed by atoms with Crippen LogP contribution in [0.15, 0.2) is 42.5 Å². The Kier molecular flexibility index (Phi) is 4.44. The molecule has 0 bridgehead atoms. The van der Waals surface area contributed by atoms with Crippen molar-refractivity contribution in [3.8, 4) is 11.4 Å². The van der Waals surface area contributed by atoms with Crippen molar-refractivity contribution in [1.82, 2.24) is 25.1 Å². The molecule has 6 nitrogen and oxygen atoms in total. The number of carbonyl (C=O) groups excluding carboxylic acids is 1. The van der Waals surface area contributed by atoms with Gasteiger partial charge < -0.3 is 15.2 Å². The fraction of sp³-hybridized carbons (Fsp3) is 0.300. The van der Waals surface area contributed by atoms with Gasteiger partial charge in [-0.15, -0.1) is 0 Å². The second-order valence-electron chi connectivity index (χ2n) is 6.88. The standard InChI is InChI=1S/C20H23N5O/c1-24(2)13-21-12-14-6-8-15(9-7-14)19-23-17-5-3-4-16-18(17)25(19)11-10-22-20(16)26/h3-9,21H,10-13H2,1-2H3,(H,22,26). The van der Waals surface area contributed by atoms with E-state index in [0.717, 1.165) is 42.2 Å². The Morgan fingerprint density at radius 3 is 2.77 bits per heavy atom. The summed E-state index contributed by atoms with van der Waals surface area (Å²) >= 11 is 0. The third-order valence-corrected chi connectivity index (χ3v) is 4.60. The fourth-order valence-corrected chi connectivity index (χ4v) is 3.38. The van der Waals surface area contributed by atoms with Crippen LogP contribution in [0.1, 0.15) is 15.9 Å². The summed E-state index contributed by atoms with van der Waals surface area (Å²) in [5.41, 5.74) is 4.79. The lowest BCUT2D eigenvalue weighted by atomic mass is 10.1. The zero-order chi connectivity index (χ0) is 18.1. The van der Waals surface area contributed by atoms with Gasteiger partial charge in [0.1, 0.15) is 5.82 Å². The van der Waals surface area contributed by atoms with E-state index in [1.807, 2.05) is 32.3 Å². The zero-order valence-corrected chi connectivity index (χ0v) is 15.1. The molecule has 0 fully saturated rings. The van der Waals surface area contributed by atoms with Crippen LogP contribution in [-0.2, 0) is 13.1 Å². The quantitative estimate of drug-likeness (QED) is 0.692. The molecular formula is C20H23N5O. The highest BCUT2D eigenvalue weighted by Gasteiger charge is 2.21. The molecule has 1 aliphatic heterocycles. The molecule has 1 amide bonds. The maximum Gasteiger partial charge on any atom is 0.253 e. The molecule has 0 aliphatic carbocycles. The van der Waals surface area contributed by atoms with Crippen LogP contribution in [0.25, 0.3) is 22.4 Å². The monoisotopic (exact) mass is 349 g/mol. The molecule has 2 heterocycles. The number of benzene rings is 2. The van der Waals surface area contributed by atoms with Gasteiger partial charge >= 0.3 is 0 Å². The van der Waals surface area contributed by atoms with Gasteiger partial charge in [0.15, 0.2) is 0 Å². The minimum Gasteiger partial charge on any atom is -0.350 e. The Morgan fingerprint density at radius 1 is 1.19 bits per heavy atom. The molecule has 2 aromatic carbocycles. The molecule has 0 saturated heterocycles. The lowest BCUT2D eigenvalue weighted by Crippen LogP contribution is -2.27. The van der Waals surface area contributed by atoms with E-state index in [2.05, 4.69) is 44.4 Å². The van der Waals surface area contributed by atoms with Gasteiger partial charge in [0.05, 0.1) is 16.6 Å². The molecule has 0 radical (unpaired) electrons. The maximum absolute atomic E-state index is 12.3. The van der Waals surface area contributed by atoms with Crippen LogP contribution < -0.4 is 10.6 Å². The lowest BCUT2D eigenvalue weighted by Gasteiger charge is -2.11.